The van der Waals surface area contributed by atoms with E-state index >= 15 is 0 Å². The van der Waals surface area contributed by atoms with Gasteiger partial charge in [-0.05, 0) is 41.5 Å². The predicted octanol–water partition coefficient (Wildman–Crippen LogP) is 0.134. The molecule has 0 N–H and O–H groups in total. The lowest BCUT2D eigenvalue weighted by Gasteiger charge is -2.35. The molecule has 30 heavy (non-hydrogen) atoms. The first-order chi connectivity index (χ1) is 13.5. The summed E-state index contributed by atoms with van der Waals surface area (Å²) in [5.74, 6) is 0. The van der Waals surface area contributed by atoms with Gasteiger partial charge in [0.2, 0.25) is 0 Å². The molecule has 0 aliphatic rings. The van der Waals surface area contributed by atoms with E-state index in [2.05, 4.69) is 102 Å². The molecule has 0 aliphatic heterocycles. The highest BCUT2D eigenvalue weighted by atomic mass is 35.5. The van der Waals surface area contributed by atoms with Gasteiger partial charge in [0.05, 0.1) is 39.3 Å². The Balaban J connectivity index is 0. The van der Waals surface area contributed by atoms with Crippen molar-refractivity contribution in [3.63, 3.8) is 0 Å². The summed E-state index contributed by atoms with van der Waals surface area (Å²) in [6, 6.07) is 21.6. The number of hydrogen-bond acceptors (Lipinski definition) is 0. The Morgan fingerprint density at radius 1 is 0.467 bits per heavy atom. The zero-order chi connectivity index (χ0) is 20.9. The van der Waals surface area contributed by atoms with Crippen molar-refractivity contribution in [1.29, 1.82) is 0 Å². The van der Waals surface area contributed by atoms with Crippen LogP contribution in [0.2, 0.25) is 0 Å². The molecule has 0 saturated heterocycles. The van der Waals surface area contributed by atoms with E-state index in [1.54, 1.807) is 0 Å². The molecule has 0 bridgehead atoms. The summed E-state index contributed by atoms with van der Waals surface area (Å²) in [6.45, 7) is 23.4. The van der Waals surface area contributed by atoms with Gasteiger partial charge in [0, 0.05) is 11.1 Å². The molecular weight excluding hydrogens is 395 g/mol. The van der Waals surface area contributed by atoms with Crippen molar-refractivity contribution in [2.24, 2.45) is 0 Å². The van der Waals surface area contributed by atoms with E-state index in [1.165, 1.54) is 72.5 Å². The van der Waals surface area contributed by atoms with E-state index in [9.17, 15) is 0 Å². The minimum absolute atomic E-state index is 0. The van der Waals surface area contributed by atoms with Crippen LogP contribution in [-0.2, 0) is 13.1 Å². The van der Waals surface area contributed by atoms with Crippen LogP contribution in [-0.4, -0.2) is 48.2 Å². The fraction of sp³-hybridized carbons (Fsp3) is 0.538. The smallest absolute Gasteiger partial charge is 0.104 e. The van der Waals surface area contributed by atoms with Gasteiger partial charge in [0.25, 0.3) is 0 Å². The van der Waals surface area contributed by atoms with Gasteiger partial charge in [-0.3, -0.25) is 0 Å². The Labute approximate surface area is 191 Å². The second kappa shape index (κ2) is 16.3. The largest absolute Gasteiger partial charge is 1.00 e. The van der Waals surface area contributed by atoms with Gasteiger partial charge in [-0.1, -0.05) is 60.7 Å². The fourth-order valence-corrected chi connectivity index (χ4v) is 3.95. The first-order valence-corrected chi connectivity index (χ1v) is 11.3. The first kappa shape index (κ1) is 30.8. The van der Waals surface area contributed by atoms with Crippen LogP contribution in [0.4, 0.5) is 0 Å². The molecule has 0 amide bonds. The molecule has 0 aromatic heterocycles. The highest BCUT2D eigenvalue weighted by Crippen LogP contribution is 2.14. The lowest BCUT2D eigenvalue weighted by Crippen LogP contribution is -3.00. The van der Waals surface area contributed by atoms with Gasteiger partial charge in [-0.2, -0.15) is 0 Å². The van der Waals surface area contributed by atoms with E-state index in [0.29, 0.717) is 0 Å². The van der Waals surface area contributed by atoms with Crippen LogP contribution >= 0.6 is 0 Å². The molecule has 0 radical (unpaired) electrons. The maximum atomic E-state index is 2.29. The number of nitrogens with zero attached hydrogens (tertiary/aromatic N) is 2. The van der Waals surface area contributed by atoms with Gasteiger partial charge >= 0.3 is 0 Å². The third kappa shape index (κ3) is 9.59. The summed E-state index contributed by atoms with van der Waals surface area (Å²) < 4.78 is 2.40. The van der Waals surface area contributed by atoms with Crippen molar-refractivity contribution in [3.8, 4) is 0 Å². The van der Waals surface area contributed by atoms with Crippen LogP contribution < -0.4 is 17.1 Å². The Kier molecular flexibility index (Phi) is 16.7. The van der Waals surface area contributed by atoms with Crippen LogP contribution in [0.1, 0.15) is 52.7 Å². The number of rotatable bonds is 10. The van der Waals surface area contributed by atoms with Gasteiger partial charge in [0.15, 0.2) is 0 Å². The number of quaternary nitrogens is 2. The highest BCUT2D eigenvalue weighted by Gasteiger charge is 2.21. The van der Waals surface area contributed by atoms with Crippen molar-refractivity contribution in [2.45, 2.75) is 54.6 Å². The third-order valence-electron chi connectivity index (χ3n) is 6.75. The van der Waals surface area contributed by atoms with Crippen LogP contribution in [0.5, 0.6) is 0 Å². The van der Waals surface area contributed by atoms with Gasteiger partial charge in [-0.25, -0.2) is 0 Å². The molecule has 0 fully saturated rings. The Morgan fingerprint density at radius 3 is 0.900 bits per heavy atom. The molecule has 0 spiro atoms. The molecule has 0 heterocycles. The zero-order valence-corrected chi connectivity index (χ0v) is 20.8. The summed E-state index contributed by atoms with van der Waals surface area (Å²) >= 11 is 0. The molecule has 0 aliphatic carbocycles. The molecule has 2 aromatic carbocycles. The average Bonchev–Trinajstić information content (AvgIpc) is 2.78. The lowest BCUT2D eigenvalue weighted by atomic mass is 10.2. The highest BCUT2D eigenvalue weighted by molar-refractivity contribution is 5.14. The van der Waals surface area contributed by atoms with Gasteiger partial charge in [0.1, 0.15) is 13.1 Å². The lowest BCUT2D eigenvalue weighted by molar-refractivity contribution is -0.936. The van der Waals surface area contributed by atoms with E-state index in [4.69, 9.17) is 0 Å². The molecule has 2 rings (SSSR count). The third-order valence-corrected chi connectivity index (χ3v) is 6.75. The van der Waals surface area contributed by atoms with Crippen molar-refractivity contribution in [3.05, 3.63) is 71.8 Å². The summed E-state index contributed by atoms with van der Waals surface area (Å²) in [7, 11) is 0. The molecule has 0 unspecified atom stereocenters. The number of hydrogen-bond donors (Lipinski definition) is 0. The maximum Gasteiger partial charge on any atom is 0.104 e. The van der Waals surface area contributed by atoms with Crippen molar-refractivity contribution >= 4 is 0 Å². The Bertz CT molecular complexity index is 552. The van der Waals surface area contributed by atoms with Crippen LogP contribution in [0.25, 0.3) is 0 Å². The maximum absolute atomic E-state index is 2.29. The van der Waals surface area contributed by atoms with E-state index in [-0.39, 0.29) is 17.1 Å². The summed E-state index contributed by atoms with van der Waals surface area (Å²) in [4.78, 5) is 0. The summed E-state index contributed by atoms with van der Waals surface area (Å²) in [6.07, 6.45) is 0. The van der Waals surface area contributed by atoms with Crippen molar-refractivity contribution in [1.82, 2.24) is 0 Å². The van der Waals surface area contributed by atoms with Gasteiger partial charge < -0.3 is 26.1 Å². The topological polar surface area (TPSA) is 0 Å². The van der Waals surface area contributed by atoms with Crippen molar-refractivity contribution < 1.29 is 26.1 Å². The molecule has 2 aromatic rings. The van der Waals surface area contributed by atoms with Crippen LogP contribution in [0.15, 0.2) is 60.7 Å². The number of halogens is 2. The zero-order valence-electron chi connectivity index (χ0n) is 20.1. The first-order valence-electron chi connectivity index (χ1n) is 11.3. The van der Waals surface area contributed by atoms with Gasteiger partial charge in [-0.15, -0.1) is 0 Å². The number of benzene rings is 2. The summed E-state index contributed by atoms with van der Waals surface area (Å²) in [5.41, 5.74) is 2.91. The molecule has 172 valence electrons. The monoisotopic (exact) mass is 438 g/mol. The Hall–Kier alpha value is -1.42. The van der Waals surface area contributed by atoms with E-state index in [1.807, 2.05) is 0 Å². The fourth-order valence-electron chi connectivity index (χ4n) is 3.95. The Morgan fingerprint density at radius 2 is 0.700 bits per heavy atom. The molecule has 4 heteroatoms. The van der Waals surface area contributed by atoms with E-state index in [0.717, 1.165) is 0 Å². The minimum atomic E-state index is 0. The normalized spacial score (nSPS) is 10.9. The summed E-state index contributed by atoms with van der Waals surface area (Å²) in [5, 5.41) is 0. The molecule has 0 atom stereocenters. The average molecular weight is 439 g/mol. The van der Waals surface area contributed by atoms with Crippen LogP contribution in [0.3, 0.4) is 0 Å². The predicted molar refractivity (Wildman–Crippen MR) is 124 cm³/mol. The molecule has 2 nitrogen and oxygen atoms in total. The molecular formula is C26H44ClFN2. The molecule has 0 saturated carbocycles. The van der Waals surface area contributed by atoms with Crippen LogP contribution in [0, 0.1) is 0 Å². The quantitative estimate of drug-likeness (QED) is 0.463. The van der Waals surface area contributed by atoms with E-state index < -0.39 is 0 Å². The second-order valence-electron chi connectivity index (χ2n) is 7.87. The minimum Gasteiger partial charge on any atom is -1.00 e. The van der Waals surface area contributed by atoms with Crippen molar-refractivity contribution in [2.75, 3.05) is 39.3 Å². The standard InChI is InChI=1S/2C13H22N.ClH.FH/c2*1-4-14(5-2,6-3)12-13-10-8-7-9-11-13;;/h2*7-11H,4-6,12H2,1-3H3;2*1H/q2*+1;;/p-2. The second-order valence-corrected chi connectivity index (χ2v) is 7.87. The SMILES string of the molecule is CC[N+](CC)(CC)Cc1ccccc1.CC[N+](CC)(CC)Cc1ccccc1.[Cl-].[F-].